The first-order valence-corrected chi connectivity index (χ1v) is 12.1. The number of nitrogens with zero attached hydrogens (tertiary/aromatic N) is 2. The van der Waals surface area contributed by atoms with Crippen molar-refractivity contribution < 1.29 is 28.4 Å². The molecule has 36 heavy (non-hydrogen) atoms. The first-order valence-electron chi connectivity index (χ1n) is 12.1. The number of hydrogen-bond donors (Lipinski definition) is 2. The molecule has 1 aromatic carbocycles. The topological polar surface area (TPSA) is 137 Å². The lowest BCUT2D eigenvalue weighted by molar-refractivity contribution is -0.158. The number of primary amides is 1. The first-order chi connectivity index (χ1) is 17.0. The Labute approximate surface area is 211 Å². The highest BCUT2D eigenvalue weighted by Gasteiger charge is 2.55. The van der Waals surface area contributed by atoms with E-state index in [9.17, 15) is 14.4 Å². The zero-order valence-electron chi connectivity index (χ0n) is 21.6. The maximum absolute atomic E-state index is 13.8. The summed E-state index contributed by atoms with van der Waals surface area (Å²) in [5.41, 5.74) is 4.41. The lowest BCUT2D eigenvalue weighted by Gasteiger charge is -2.51. The van der Waals surface area contributed by atoms with E-state index in [0.717, 1.165) is 12.8 Å². The largest absolute Gasteiger partial charge is 0.497 e. The number of carbonyl (C=O) groups excluding carboxylic acids is 3. The lowest BCUT2D eigenvalue weighted by Crippen LogP contribution is -2.65. The first kappa shape index (κ1) is 27.2. The van der Waals surface area contributed by atoms with Gasteiger partial charge in [-0.15, -0.1) is 0 Å². The van der Waals surface area contributed by atoms with Crippen LogP contribution in [0.4, 0.5) is 5.82 Å². The molecule has 10 heteroatoms. The summed E-state index contributed by atoms with van der Waals surface area (Å²) in [6.07, 6.45) is 1.16. The van der Waals surface area contributed by atoms with Gasteiger partial charge in [0.15, 0.2) is 11.4 Å². The molecule has 0 aliphatic carbocycles. The Morgan fingerprint density at radius 2 is 1.89 bits per heavy atom. The van der Waals surface area contributed by atoms with Crippen LogP contribution in [0.5, 0.6) is 5.75 Å². The summed E-state index contributed by atoms with van der Waals surface area (Å²) >= 11 is 0. The van der Waals surface area contributed by atoms with Gasteiger partial charge in [-0.25, -0.2) is 0 Å². The van der Waals surface area contributed by atoms with Crippen LogP contribution in [-0.4, -0.2) is 54.1 Å². The molecule has 196 valence electrons. The van der Waals surface area contributed by atoms with Gasteiger partial charge in [0.05, 0.1) is 13.2 Å². The number of amides is 3. The van der Waals surface area contributed by atoms with Gasteiger partial charge in [0.25, 0.3) is 0 Å². The highest BCUT2D eigenvalue weighted by molar-refractivity contribution is 5.95. The van der Waals surface area contributed by atoms with Crippen LogP contribution >= 0.6 is 0 Å². The van der Waals surface area contributed by atoms with Crippen LogP contribution in [0.2, 0.25) is 0 Å². The molecule has 3 N–H and O–H groups in total. The molecule has 2 aromatic rings. The van der Waals surface area contributed by atoms with E-state index in [0.29, 0.717) is 23.7 Å². The van der Waals surface area contributed by atoms with Crippen molar-refractivity contribution in [3.05, 3.63) is 41.7 Å². The average molecular weight is 501 g/mol. The zero-order chi connectivity index (χ0) is 26.5. The molecule has 0 saturated carbocycles. The summed E-state index contributed by atoms with van der Waals surface area (Å²) in [6.45, 7) is 8.10. The van der Waals surface area contributed by atoms with Crippen LogP contribution < -0.4 is 15.8 Å². The Kier molecular flexibility index (Phi) is 8.39. The zero-order valence-corrected chi connectivity index (χ0v) is 21.6. The molecule has 1 aliphatic heterocycles. The van der Waals surface area contributed by atoms with Crippen LogP contribution in [0.1, 0.15) is 57.8 Å². The van der Waals surface area contributed by atoms with E-state index in [2.05, 4.69) is 10.5 Å². The van der Waals surface area contributed by atoms with E-state index in [1.165, 1.54) is 4.90 Å². The van der Waals surface area contributed by atoms with Gasteiger partial charge < -0.3 is 29.9 Å². The van der Waals surface area contributed by atoms with Crippen molar-refractivity contribution >= 4 is 23.5 Å². The van der Waals surface area contributed by atoms with E-state index in [-0.39, 0.29) is 37.2 Å². The maximum atomic E-state index is 13.8. The summed E-state index contributed by atoms with van der Waals surface area (Å²) < 4.78 is 16.1. The maximum Gasteiger partial charge on any atom is 0.248 e. The van der Waals surface area contributed by atoms with Gasteiger partial charge in [0.2, 0.25) is 17.7 Å². The fourth-order valence-electron chi connectivity index (χ4n) is 4.87. The number of methoxy groups -OCH3 is 1. The number of rotatable bonds is 10. The van der Waals surface area contributed by atoms with Crippen molar-refractivity contribution in [2.45, 2.75) is 65.0 Å². The second kappa shape index (κ2) is 11.1. The molecule has 10 nitrogen and oxygen atoms in total. The fourth-order valence-corrected chi connectivity index (χ4v) is 4.87. The van der Waals surface area contributed by atoms with E-state index in [1.807, 2.05) is 20.8 Å². The summed E-state index contributed by atoms with van der Waals surface area (Å²) in [7, 11) is 1.55. The van der Waals surface area contributed by atoms with Gasteiger partial charge in [-0.3, -0.25) is 14.4 Å². The molecule has 1 aliphatic rings. The Balaban J connectivity index is 1.96. The molecule has 2 heterocycles. The molecule has 2 unspecified atom stereocenters. The number of hydrogen-bond acceptors (Lipinski definition) is 7. The van der Waals surface area contributed by atoms with Crippen LogP contribution in [0.3, 0.4) is 0 Å². The van der Waals surface area contributed by atoms with Crippen molar-refractivity contribution in [1.82, 2.24) is 10.1 Å². The molecule has 1 aromatic heterocycles. The minimum Gasteiger partial charge on any atom is -0.497 e. The molecule has 0 radical (unpaired) electrons. The number of aromatic nitrogens is 1. The molecular formula is C26H36N4O6. The number of anilines is 1. The average Bonchev–Trinajstić information content (AvgIpc) is 3.48. The lowest BCUT2D eigenvalue weighted by atomic mass is 9.67. The third kappa shape index (κ3) is 5.70. The van der Waals surface area contributed by atoms with Crippen LogP contribution in [-0.2, 0) is 24.7 Å². The third-order valence-corrected chi connectivity index (χ3v) is 6.53. The number of benzene rings is 1. The number of nitrogens with two attached hydrogens (primary N) is 1. The molecule has 3 amide bonds. The Morgan fingerprint density at radius 1 is 1.19 bits per heavy atom. The van der Waals surface area contributed by atoms with E-state index in [4.69, 9.17) is 19.7 Å². The second-order valence-corrected chi connectivity index (χ2v) is 10.1. The quantitative estimate of drug-likeness (QED) is 0.511. The Hall–Kier alpha value is -3.40. The Bertz CT molecular complexity index is 1070. The summed E-state index contributed by atoms with van der Waals surface area (Å²) in [5, 5.41) is 6.37. The van der Waals surface area contributed by atoms with Crippen molar-refractivity contribution in [3.8, 4) is 5.75 Å². The predicted octanol–water partition coefficient (Wildman–Crippen LogP) is 3.14. The van der Waals surface area contributed by atoms with Gasteiger partial charge in [0.1, 0.15) is 11.5 Å². The van der Waals surface area contributed by atoms with Gasteiger partial charge in [-0.2, -0.15) is 0 Å². The number of ether oxygens (including phenoxy) is 2. The minimum absolute atomic E-state index is 0.103. The van der Waals surface area contributed by atoms with E-state index >= 15 is 0 Å². The van der Waals surface area contributed by atoms with Gasteiger partial charge >= 0.3 is 0 Å². The molecule has 0 bridgehead atoms. The van der Waals surface area contributed by atoms with Crippen LogP contribution in [0.15, 0.2) is 34.9 Å². The minimum atomic E-state index is -1.50. The Morgan fingerprint density at radius 3 is 2.39 bits per heavy atom. The van der Waals surface area contributed by atoms with Crippen LogP contribution in [0.25, 0.3) is 0 Å². The second-order valence-electron chi connectivity index (χ2n) is 10.1. The monoisotopic (exact) mass is 500 g/mol. The smallest absolute Gasteiger partial charge is 0.248 e. The van der Waals surface area contributed by atoms with Crippen molar-refractivity contribution in [2.75, 3.05) is 25.6 Å². The van der Waals surface area contributed by atoms with E-state index < -0.39 is 22.8 Å². The van der Waals surface area contributed by atoms with Crippen molar-refractivity contribution in [3.63, 3.8) is 0 Å². The van der Waals surface area contributed by atoms with Crippen molar-refractivity contribution in [2.24, 2.45) is 11.1 Å². The predicted molar refractivity (Wildman–Crippen MR) is 133 cm³/mol. The van der Waals surface area contributed by atoms with E-state index in [1.54, 1.807) is 44.4 Å². The molecule has 0 spiro atoms. The molecule has 2 atom stereocenters. The molecule has 1 saturated heterocycles. The highest BCUT2D eigenvalue weighted by atomic mass is 16.5. The third-order valence-electron chi connectivity index (χ3n) is 6.53. The standard InChI is InChI=1S/C26H36N4O6/c1-17-15-21(29-36-17)28-22(31)12-13-23(32)30(16-20-7-6-14-35-20)26(24(27)33,25(2,3)4)18-8-10-19(34-5)11-9-18/h8-11,15,20H,6-7,12-14,16H2,1-5H3,(H2,27,33)(H,28,29,31). The van der Waals surface area contributed by atoms with Crippen LogP contribution in [0, 0.1) is 12.3 Å². The summed E-state index contributed by atoms with van der Waals surface area (Å²) in [4.78, 5) is 41.2. The number of nitrogens with one attached hydrogen (secondary N) is 1. The highest BCUT2D eigenvalue weighted by Crippen LogP contribution is 2.46. The fraction of sp³-hybridized carbons (Fsp3) is 0.538. The normalized spacial score (nSPS) is 17.3. The number of carbonyl (C=O) groups is 3. The van der Waals surface area contributed by atoms with Gasteiger partial charge in [-0.05, 0) is 42.9 Å². The summed E-state index contributed by atoms with van der Waals surface area (Å²) in [6, 6.07) is 8.57. The van der Waals surface area contributed by atoms with Crippen molar-refractivity contribution in [1.29, 1.82) is 0 Å². The molecular weight excluding hydrogens is 464 g/mol. The molecule has 1 fully saturated rings. The van der Waals surface area contributed by atoms with Gasteiger partial charge in [-0.1, -0.05) is 38.1 Å². The number of aryl methyl sites for hydroxylation is 1. The molecule has 3 rings (SSSR count). The van der Waals surface area contributed by atoms with Gasteiger partial charge in [0, 0.05) is 32.1 Å². The summed E-state index contributed by atoms with van der Waals surface area (Å²) in [5.74, 6) is 0.0255. The SMILES string of the molecule is COc1ccc(C(C(N)=O)(N(CC2CCCO2)C(=O)CCC(=O)Nc2cc(C)on2)C(C)(C)C)cc1.